The van der Waals surface area contributed by atoms with Gasteiger partial charge in [-0.05, 0) is 31.9 Å². The summed E-state index contributed by atoms with van der Waals surface area (Å²) in [4.78, 5) is 15.0. The highest BCUT2D eigenvalue weighted by Gasteiger charge is 2.33. The van der Waals surface area contributed by atoms with Gasteiger partial charge in [0, 0.05) is 12.4 Å². The van der Waals surface area contributed by atoms with E-state index in [-0.39, 0.29) is 6.42 Å². The summed E-state index contributed by atoms with van der Waals surface area (Å²) in [5, 5.41) is 0. The maximum absolute atomic E-state index is 12.5. The normalized spacial score (nSPS) is 12.3. The summed E-state index contributed by atoms with van der Waals surface area (Å²) in [6.45, 7) is 3.22. The third-order valence-corrected chi connectivity index (χ3v) is 2.51. The van der Waals surface area contributed by atoms with Gasteiger partial charge < -0.3 is 4.74 Å². The molecule has 0 aliphatic heterocycles. The molecular formula is C12H14F3NO2. The molecule has 18 heavy (non-hydrogen) atoms. The third-order valence-electron chi connectivity index (χ3n) is 2.51. The van der Waals surface area contributed by atoms with E-state index in [1.165, 1.54) is 13.3 Å². The molecule has 0 bridgehead atoms. The zero-order valence-electron chi connectivity index (χ0n) is 10.3. The van der Waals surface area contributed by atoms with Gasteiger partial charge in [0.05, 0.1) is 18.1 Å². The summed E-state index contributed by atoms with van der Waals surface area (Å²) >= 11 is 0. The highest BCUT2D eigenvalue weighted by Crippen LogP contribution is 2.30. The SMILES string of the molecule is COC(=O)C(C)(C)Cc1cncc(C(F)(F)F)c1. The molecule has 0 amide bonds. The molecule has 100 valence electrons. The molecule has 1 aromatic heterocycles. The van der Waals surface area contributed by atoms with Crippen LogP contribution in [0.1, 0.15) is 25.0 Å². The largest absolute Gasteiger partial charge is 0.469 e. The molecule has 0 radical (unpaired) electrons. The van der Waals surface area contributed by atoms with E-state index >= 15 is 0 Å². The number of esters is 1. The number of hydrogen-bond donors (Lipinski definition) is 0. The first-order valence-corrected chi connectivity index (χ1v) is 5.26. The molecule has 0 N–H and O–H groups in total. The number of carbonyl (C=O) groups is 1. The van der Waals surface area contributed by atoms with Gasteiger partial charge in [0.25, 0.3) is 0 Å². The van der Waals surface area contributed by atoms with Crippen molar-refractivity contribution in [1.29, 1.82) is 0 Å². The zero-order chi connectivity index (χ0) is 14.0. The predicted octanol–water partition coefficient (Wildman–Crippen LogP) is 2.84. The van der Waals surface area contributed by atoms with Crippen molar-refractivity contribution < 1.29 is 22.7 Å². The number of carbonyl (C=O) groups excluding carboxylic acids is 1. The van der Waals surface area contributed by atoms with E-state index in [2.05, 4.69) is 9.72 Å². The summed E-state index contributed by atoms with van der Waals surface area (Å²) in [5.74, 6) is -0.472. The van der Waals surface area contributed by atoms with Crippen LogP contribution < -0.4 is 0 Å². The van der Waals surface area contributed by atoms with Crippen molar-refractivity contribution in [3.63, 3.8) is 0 Å². The number of methoxy groups -OCH3 is 1. The van der Waals surface area contributed by atoms with E-state index in [0.29, 0.717) is 5.56 Å². The minimum Gasteiger partial charge on any atom is -0.469 e. The monoisotopic (exact) mass is 261 g/mol. The Balaban J connectivity index is 2.96. The van der Waals surface area contributed by atoms with Gasteiger partial charge in [-0.3, -0.25) is 9.78 Å². The van der Waals surface area contributed by atoms with Crippen LogP contribution in [-0.2, 0) is 22.1 Å². The Morgan fingerprint density at radius 1 is 1.33 bits per heavy atom. The lowest BCUT2D eigenvalue weighted by Crippen LogP contribution is -2.28. The summed E-state index contributed by atoms with van der Waals surface area (Å²) in [5.41, 5.74) is -1.36. The van der Waals surface area contributed by atoms with Crippen LogP contribution in [0.25, 0.3) is 0 Å². The predicted molar refractivity (Wildman–Crippen MR) is 58.7 cm³/mol. The zero-order valence-corrected chi connectivity index (χ0v) is 10.3. The van der Waals surface area contributed by atoms with Crippen molar-refractivity contribution in [2.24, 2.45) is 5.41 Å². The van der Waals surface area contributed by atoms with Crippen molar-refractivity contribution in [3.8, 4) is 0 Å². The van der Waals surface area contributed by atoms with Gasteiger partial charge in [0.1, 0.15) is 0 Å². The third kappa shape index (κ3) is 3.45. The van der Waals surface area contributed by atoms with Crippen LogP contribution in [-0.4, -0.2) is 18.1 Å². The van der Waals surface area contributed by atoms with E-state index < -0.39 is 23.1 Å². The van der Waals surface area contributed by atoms with Crippen molar-refractivity contribution in [2.75, 3.05) is 7.11 Å². The first-order chi connectivity index (χ1) is 8.16. The molecule has 0 aliphatic rings. The van der Waals surface area contributed by atoms with Crippen LogP contribution in [0.4, 0.5) is 13.2 Å². The fraction of sp³-hybridized carbons (Fsp3) is 0.500. The molecule has 1 heterocycles. The lowest BCUT2D eigenvalue weighted by atomic mass is 9.86. The Hall–Kier alpha value is -1.59. The quantitative estimate of drug-likeness (QED) is 0.785. The number of pyridine rings is 1. The highest BCUT2D eigenvalue weighted by molar-refractivity contribution is 5.76. The van der Waals surface area contributed by atoms with Crippen LogP contribution in [0, 0.1) is 5.41 Å². The fourth-order valence-corrected chi connectivity index (χ4v) is 1.60. The number of ether oxygens (including phenoxy) is 1. The number of aromatic nitrogens is 1. The van der Waals surface area contributed by atoms with E-state index in [0.717, 1.165) is 12.3 Å². The van der Waals surface area contributed by atoms with Crippen molar-refractivity contribution in [2.45, 2.75) is 26.4 Å². The molecule has 0 saturated heterocycles. The molecule has 1 rings (SSSR count). The molecule has 0 fully saturated rings. The van der Waals surface area contributed by atoms with Crippen LogP contribution >= 0.6 is 0 Å². The lowest BCUT2D eigenvalue weighted by molar-refractivity contribution is -0.150. The number of alkyl halides is 3. The Kier molecular flexibility index (Phi) is 3.98. The van der Waals surface area contributed by atoms with Crippen LogP contribution in [0.5, 0.6) is 0 Å². The van der Waals surface area contributed by atoms with Gasteiger partial charge >= 0.3 is 12.1 Å². The number of hydrogen-bond acceptors (Lipinski definition) is 3. The topological polar surface area (TPSA) is 39.2 Å². The molecule has 0 aromatic carbocycles. The molecule has 0 atom stereocenters. The van der Waals surface area contributed by atoms with Crippen molar-refractivity contribution >= 4 is 5.97 Å². The first-order valence-electron chi connectivity index (χ1n) is 5.26. The van der Waals surface area contributed by atoms with Gasteiger partial charge in [-0.2, -0.15) is 13.2 Å². The standard InChI is InChI=1S/C12H14F3NO2/c1-11(2,10(17)18-3)5-8-4-9(7-16-6-8)12(13,14)15/h4,6-7H,5H2,1-3H3. The second kappa shape index (κ2) is 4.96. The van der Waals surface area contributed by atoms with Gasteiger partial charge in [-0.1, -0.05) is 0 Å². The number of nitrogens with zero attached hydrogens (tertiary/aromatic N) is 1. The van der Waals surface area contributed by atoms with Crippen molar-refractivity contribution in [3.05, 3.63) is 29.6 Å². The maximum atomic E-state index is 12.5. The molecule has 0 aliphatic carbocycles. The summed E-state index contributed by atoms with van der Waals surface area (Å²) in [6, 6.07) is 0.998. The van der Waals surface area contributed by atoms with Crippen LogP contribution in [0.15, 0.2) is 18.5 Å². The Morgan fingerprint density at radius 3 is 2.44 bits per heavy atom. The average Bonchev–Trinajstić information content (AvgIpc) is 2.26. The molecule has 3 nitrogen and oxygen atoms in total. The number of halogens is 3. The van der Waals surface area contributed by atoms with E-state index in [4.69, 9.17) is 0 Å². The van der Waals surface area contributed by atoms with Gasteiger partial charge in [-0.25, -0.2) is 0 Å². The summed E-state index contributed by atoms with van der Waals surface area (Å²) in [6.07, 6.45) is -2.22. The van der Waals surface area contributed by atoms with Crippen LogP contribution in [0.3, 0.4) is 0 Å². The van der Waals surface area contributed by atoms with E-state index in [1.54, 1.807) is 13.8 Å². The maximum Gasteiger partial charge on any atom is 0.417 e. The summed E-state index contributed by atoms with van der Waals surface area (Å²) in [7, 11) is 1.24. The minimum atomic E-state index is -4.43. The Morgan fingerprint density at radius 2 is 1.94 bits per heavy atom. The first kappa shape index (κ1) is 14.5. The second-order valence-corrected chi connectivity index (χ2v) is 4.63. The molecular weight excluding hydrogens is 247 g/mol. The lowest BCUT2D eigenvalue weighted by Gasteiger charge is -2.21. The second-order valence-electron chi connectivity index (χ2n) is 4.63. The Labute approximate surface area is 103 Å². The average molecular weight is 261 g/mol. The van der Waals surface area contributed by atoms with Crippen molar-refractivity contribution in [1.82, 2.24) is 4.98 Å². The van der Waals surface area contributed by atoms with Crippen LogP contribution in [0.2, 0.25) is 0 Å². The molecule has 1 aromatic rings. The molecule has 0 saturated carbocycles. The van der Waals surface area contributed by atoms with Gasteiger partial charge in [0.2, 0.25) is 0 Å². The fourth-order valence-electron chi connectivity index (χ4n) is 1.60. The highest BCUT2D eigenvalue weighted by atomic mass is 19.4. The summed E-state index contributed by atoms with van der Waals surface area (Å²) < 4.78 is 42.1. The van der Waals surface area contributed by atoms with Gasteiger partial charge in [-0.15, -0.1) is 0 Å². The molecule has 0 unspecified atom stereocenters. The minimum absolute atomic E-state index is 0.136. The number of rotatable bonds is 3. The molecule has 0 spiro atoms. The van der Waals surface area contributed by atoms with E-state index in [1.807, 2.05) is 0 Å². The van der Waals surface area contributed by atoms with E-state index in [9.17, 15) is 18.0 Å². The smallest absolute Gasteiger partial charge is 0.417 e. The Bertz CT molecular complexity index is 441. The molecule has 6 heteroatoms. The van der Waals surface area contributed by atoms with Gasteiger partial charge in [0.15, 0.2) is 0 Å².